The van der Waals surface area contributed by atoms with E-state index in [9.17, 15) is 5.11 Å². The summed E-state index contributed by atoms with van der Waals surface area (Å²) in [7, 11) is 1.60. The Hall–Kier alpha value is -0.160. The average Bonchev–Trinajstić information content (AvgIpc) is 2.49. The smallest absolute Gasteiger partial charge is 0.0900 e. The van der Waals surface area contributed by atoms with Crippen LogP contribution >= 0.6 is 0 Å². The van der Waals surface area contributed by atoms with Crippen LogP contribution in [0.4, 0.5) is 0 Å². The van der Waals surface area contributed by atoms with Crippen molar-refractivity contribution in [2.75, 3.05) is 40.0 Å². The van der Waals surface area contributed by atoms with E-state index < -0.39 is 6.10 Å². The van der Waals surface area contributed by atoms with E-state index in [0.717, 1.165) is 13.0 Å². The highest BCUT2D eigenvalue weighted by Gasteiger charge is 2.10. The third kappa shape index (κ3) is 14.8. The van der Waals surface area contributed by atoms with Gasteiger partial charge < -0.3 is 14.9 Å². The van der Waals surface area contributed by atoms with Crippen molar-refractivity contribution >= 4 is 0 Å². The van der Waals surface area contributed by atoms with Gasteiger partial charge in [0.05, 0.1) is 19.3 Å². The third-order valence-corrected chi connectivity index (χ3v) is 4.07. The predicted octanol–water partition coefficient (Wildman–Crippen LogP) is 3.21. The lowest BCUT2D eigenvalue weighted by Gasteiger charge is -2.23. The van der Waals surface area contributed by atoms with Gasteiger partial charge in [0.15, 0.2) is 0 Å². The molecule has 0 rings (SSSR count). The lowest BCUT2D eigenvalue weighted by Crippen LogP contribution is -2.37. The van der Waals surface area contributed by atoms with Crippen molar-refractivity contribution in [2.24, 2.45) is 0 Å². The Balaban J connectivity index is 3.47. The number of nitrogens with zero attached hydrogens (tertiary/aromatic N) is 1. The number of hydrogen-bond donors (Lipinski definition) is 2. The Bertz CT molecular complexity index is 215. The number of aliphatic hydroxyl groups is 2. The quantitative estimate of drug-likeness (QED) is 0.405. The second kappa shape index (κ2) is 17.2. The Morgan fingerprint density at radius 3 is 1.91 bits per heavy atom. The first-order chi connectivity index (χ1) is 10.7. The van der Waals surface area contributed by atoms with E-state index >= 15 is 0 Å². The lowest BCUT2D eigenvalue weighted by molar-refractivity contribution is 0.0335. The van der Waals surface area contributed by atoms with Crippen molar-refractivity contribution < 1.29 is 14.9 Å². The molecule has 0 aliphatic heterocycles. The van der Waals surface area contributed by atoms with Crippen molar-refractivity contribution in [1.82, 2.24) is 4.90 Å². The summed E-state index contributed by atoms with van der Waals surface area (Å²) in [6.07, 6.45) is 12.9. The maximum atomic E-state index is 9.76. The Morgan fingerprint density at radius 1 is 0.864 bits per heavy atom. The molecule has 0 aromatic rings. The molecule has 1 atom stereocenters. The van der Waals surface area contributed by atoms with Gasteiger partial charge in [-0.25, -0.2) is 0 Å². The molecule has 4 heteroatoms. The summed E-state index contributed by atoms with van der Waals surface area (Å²) in [5, 5.41) is 18.8. The number of unbranched alkanes of at least 4 members (excludes halogenated alkanes) is 9. The van der Waals surface area contributed by atoms with Crippen molar-refractivity contribution in [3.63, 3.8) is 0 Å². The van der Waals surface area contributed by atoms with E-state index in [2.05, 4.69) is 11.8 Å². The average molecular weight is 318 g/mol. The number of methoxy groups -OCH3 is 1. The first-order valence-electron chi connectivity index (χ1n) is 9.24. The van der Waals surface area contributed by atoms with Crippen LogP contribution in [0.2, 0.25) is 0 Å². The highest BCUT2D eigenvalue weighted by Crippen LogP contribution is 2.10. The van der Waals surface area contributed by atoms with Gasteiger partial charge in [-0.15, -0.1) is 0 Å². The Labute approximate surface area is 137 Å². The molecule has 0 amide bonds. The Morgan fingerprint density at radius 2 is 1.41 bits per heavy atom. The number of aliphatic hydroxyl groups excluding tert-OH is 2. The fourth-order valence-corrected chi connectivity index (χ4v) is 2.80. The predicted molar refractivity (Wildman–Crippen MR) is 93.3 cm³/mol. The standard InChI is InChI=1S/C18H39NO3/c1-3-4-5-6-7-8-9-10-11-12-13-19(14-15-20)16-18(21)17-22-2/h18,20-21H,3-17H2,1-2H3. The molecule has 0 aromatic carbocycles. The van der Waals surface area contributed by atoms with Gasteiger partial charge in [-0.05, 0) is 13.0 Å². The van der Waals surface area contributed by atoms with Gasteiger partial charge in [0, 0.05) is 20.2 Å². The van der Waals surface area contributed by atoms with Crippen LogP contribution in [0.25, 0.3) is 0 Å². The van der Waals surface area contributed by atoms with Gasteiger partial charge in [0.2, 0.25) is 0 Å². The summed E-state index contributed by atoms with van der Waals surface area (Å²) in [5.74, 6) is 0. The van der Waals surface area contributed by atoms with E-state index in [1.807, 2.05) is 0 Å². The third-order valence-electron chi connectivity index (χ3n) is 4.07. The van der Waals surface area contributed by atoms with Gasteiger partial charge >= 0.3 is 0 Å². The summed E-state index contributed by atoms with van der Waals surface area (Å²) in [6, 6.07) is 0. The molecule has 134 valence electrons. The summed E-state index contributed by atoms with van der Waals surface area (Å²) in [6.45, 7) is 4.95. The molecule has 1 unspecified atom stereocenters. The lowest BCUT2D eigenvalue weighted by atomic mass is 10.1. The molecule has 0 bridgehead atoms. The van der Waals surface area contributed by atoms with Crippen molar-refractivity contribution in [2.45, 2.75) is 77.2 Å². The van der Waals surface area contributed by atoms with Crippen LogP contribution in [0.5, 0.6) is 0 Å². The molecule has 0 spiro atoms. The van der Waals surface area contributed by atoms with Gasteiger partial charge in [0.1, 0.15) is 0 Å². The monoisotopic (exact) mass is 317 g/mol. The molecular weight excluding hydrogens is 278 g/mol. The second-order valence-corrected chi connectivity index (χ2v) is 6.32. The van der Waals surface area contributed by atoms with Crippen molar-refractivity contribution in [1.29, 1.82) is 0 Å². The minimum atomic E-state index is -0.459. The van der Waals surface area contributed by atoms with Gasteiger partial charge in [-0.2, -0.15) is 0 Å². The topological polar surface area (TPSA) is 52.9 Å². The van der Waals surface area contributed by atoms with Crippen LogP contribution < -0.4 is 0 Å². The zero-order chi connectivity index (χ0) is 16.5. The molecule has 0 aromatic heterocycles. The highest BCUT2D eigenvalue weighted by molar-refractivity contribution is 4.64. The fraction of sp³-hybridized carbons (Fsp3) is 1.00. The van der Waals surface area contributed by atoms with Gasteiger partial charge in [-0.1, -0.05) is 64.7 Å². The number of hydrogen-bond acceptors (Lipinski definition) is 4. The van der Waals surface area contributed by atoms with E-state index in [1.165, 1.54) is 57.8 Å². The van der Waals surface area contributed by atoms with Crippen LogP contribution in [-0.2, 0) is 4.74 Å². The van der Waals surface area contributed by atoms with Crippen LogP contribution in [-0.4, -0.2) is 61.2 Å². The number of ether oxygens (including phenoxy) is 1. The SMILES string of the molecule is CCCCCCCCCCCCN(CCO)CC(O)COC. The van der Waals surface area contributed by atoms with Crippen LogP contribution in [0.3, 0.4) is 0 Å². The minimum absolute atomic E-state index is 0.150. The molecule has 0 fully saturated rings. The first-order valence-corrected chi connectivity index (χ1v) is 9.24. The zero-order valence-electron chi connectivity index (χ0n) is 14.9. The molecular formula is C18H39NO3. The van der Waals surface area contributed by atoms with Gasteiger partial charge in [-0.3, -0.25) is 4.90 Å². The molecule has 0 radical (unpaired) electrons. The van der Waals surface area contributed by atoms with E-state index in [-0.39, 0.29) is 6.61 Å². The van der Waals surface area contributed by atoms with E-state index in [4.69, 9.17) is 9.84 Å². The van der Waals surface area contributed by atoms with Crippen LogP contribution in [0.1, 0.15) is 71.1 Å². The summed E-state index contributed by atoms with van der Waals surface area (Å²) in [5.41, 5.74) is 0. The molecule has 4 nitrogen and oxygen atoms in total. The fourth-order valence-electron chi connectivity index (χ4n) is 2.80. The van der Waals surface area contributed by atoms with Crippen LogP contribution in [0.15, 0.2) is 0 Å². The van der Waals surface area contributed by atoms with Crippen molar-refractivity contribution in [3.8, 4) is 0 Å². The first kappa shape index (κ1) is 21.8. The molecule has 2 N–H and O–H groups in total. The molecule has 0 heterocycles. The molecule has 0 saturated carbocycles. The highest BCUT2D eigenvalue weighted by atomic mass is 16.5. The summed E-state index contributed by atoms with van der Waals surface area (Å²) < 4.78 is 4.95. The molecule has 22 heavy (non-hydrogen) atoms. The van der Waals surface area contributed by atoms with E-state index in [0.29, 0.717) is 19.7 Å². The minimum Gasteiger partial charge on any atom is -0.395 e. The summed E-state index contributed by atoms with van der Waals surface area (Å²) in [4.78, 5) is 2.13. The molecule has 0 aliphatic carbocycles. The maximum Gasteiger partial charge on any atom is 0.0900 e. The largest absolute Gasteiger partial charge is 0.395 e. The maximum absolute atomic E-state index is 9.76. The second-order valence-electron chi connectivity index (χ2n) is 6.32. The van der Waals surface area contributed by atoms with Crippen LogP contribution in [0, 0.1) is 0 Å². The van der Waals surface area contributed by atoms with Gasteiger partial charge in [0.25, 0.3) is 0 Å². The zero-order valence-corrected chi connectivity index (χ0v) is 14.9. The normalized spacial score (nSPS) is 13.0. The summed E-state index contributed by atoms with van der Waals surface area (Å²) >= 11 is 0. The molecule has 0 aliphatic rings. The van der Waals surface area contributed by atoms with Crippen molar-refractivity contribution in [3.05, 3.63) is 0 Å². The molecule has 0 saturated heterocycles. The number of rotatable bonds is 17. The Kier molecular flexibility index (Phi) is 17.1. The van der Waals surface area contributed by atoms with E-state index in [1.54, 1.807) is 7.11 Å².